The summed E-state index contributed by atoms with van der Waals surface area (Å²) in [4.78, 5) is 0. The molecule has 1 atom stereocenters. The molecule has 0 radical (unpaired) electrons. The number of aliphatic hydroxyl groups is 1. The van der Waals surface area contributed by atoms with Crippen LogP contribution in [-0.2, 0) is 6.42 Å². The van der Waals surface area contributed by atoms with Crippen molar-refractivity contribution in [2.24, 2.45) is 0 Å². The minimum Gasteiger partial charge on any atom is -0.508 e. The van der Waals surface area contributed by atoms with Crippen molar-refractivity contribution in [3.63, 3.8) is 0 Å². The van der Waals surface area contributed by atoms with E-state index in [9.17, 15) is 10.2 Å². The van der Waals surface area contributed by atoms with Crippen molar-refractivity contribution in [1.29, 1.82) is 0 Å². The first-order chi connectivity index (χ1) is 13.2. The van der Waals surface area contributed by atoms with Crippen LogP contribution in [0.15, 0.2) is 48.9 Å². The number of anilines is 1. The number of aliphatic hydroxyl groups excluding tert-OH is 1. The van der Waals surface area contributed by atoms with Gasteiger partial charge in [-0.15, -0.1) is 0 Å². The largest absolute Gasteiger partial charge is 0.508 e. The van der Waals surface area contributed by atoms with Gasteiger partial charge in [-0.05, 0) is 43.4 Å². The standard InChI is InChI=1S/C23H30N2O3/c1-15(2)17-7-5-16(6-8-17)13-23(3,4)25-14-21(27)19-11-18(26)12-20-22(19)28-10-9-24-20/h5-12,15,21,24-27H,13-14H2,1-4H3. The van der Waals surface area contributed by atoms with Gasteiger partial charge in [0.05, 0.1) is 11.8 Å². The van der Waals surface area contributed by atoms with E-state index in [2.05, 4.69) is 62.6 Å². The molecule has 1 heterocycles. The quantitative estimate of drug-likeness (QED) is 0.570. The number of fused-ring (bicyclic) bond motifs is 1. The van der Waals surface area contributed by atoms with Gasteiger partial charge >= 0.3 is 0 Å². The maximum absolute atomic E-state index is 10.7. The summed E-state index contributed by atoms with van der Waals surface area (Å²) < 4.78 is 5.55. The number of nitrogens with one attached hydrogen (secondary N) is 2. The lowest BCUT2D eigenvalue weighted by Gasteiger charge is -2.29. The third-order valence-electron chi connectivity index (χ3n) is 5.02. The molecule has 5 heteroatoms. The lowest BCUT2D eigenvalue weighted by molar-refractivity contribution is 0.157. The summed E-state index contributed by atoms with van der Waals surface area (Å²) in [6, 6.07) is 11.8. The average molecular weight is 383 g/mol. The molecule has 2 aromatic rings. The predicted octanol–water partition coefficient (Wildman–Crippen LogP) is 4.44. The third-order valence-corrected chi connectivity index (χ3v) is 5.02. The summed E-state index contributed by atoms with van der Waals surface area (Å²) in [5.41, 5.74) is 3.58. The Morgan fingerprint density at radius 2 is 1.86 bits per heavy atom. The Hall–Kier alpha value is -2.50. The number of rotatable bonds is 7. The Kier molecular flexibility index (Phi) is 5.96. The first-order valence-electron chi connectivity index (χ1n) is 9.72. The molecule has 0 aromatic heterocycles. The summed E-state index contributed by atoms with van der Waals surface area (Å²) in [5.74, 6) is 1.15. The van der Waals surface area contributed by atoms with Crippen LogP contribution in [0.5, 0.6) is 11.5 Å². The van der Waals surface area contributed by atoms with E-state index in [1.807, 2.05) is 0 Å². The summed E-state index contributed by atoms with van der Waals surface area (Å²) in [6.07, 6.45) is 3.20. The van der Waals surface area contributed by atoms with E-state index < -0.39 is 6.10 Å². The molecule has 1 aliphatic heterocycles. The Balaban J connectivity index is 1.65. The summed E-state index contributed by atoms with van der Waals surface area (Å²) >= 11 is 0. The van der Waals surface area contributed by atoms with Crippen LogP contribution in [0.1, 0.15) is 56.4 Å². The third kappa shape index (κ3) is 4.86. The van der Waals surface area contributed by atoms with Gasteiger partial charge in [-0.25, -0.2) is 0 Å². The van der Waals surface area contributed by atoms with E-state index in [0.717, 1.165) is 6.42 Å². The van der Waals surface area contributed by atoms with Gasteiger partial charge in [-0.3, -0.25) is 0 Å². The second kappa shape index (κ2) is 8.25. The van der Waals surface area contributed by atoms with Crippen LogP contribution in [0.2, 0.25) is 0 Å². The molecule has 4 N–H and O–H groups in total. The molecule has 0 aliphatic carbocycles. The molecule has 28 heavy (non-hydrogen) atoms. The molecular weight excluding hydrogens is 352 g/mol. The van der Waals surface area contributed by atoms with Gasteiger partial charge in [0.25, 0.3) is 0 Å². The van der Waals surface area contributed by atoms with Crippen LogP contribution in [0.25, 0.3) is 0 Å². The Morgan fingerprint density at radius 3 is 2.54 bits per heavy atom. The second-order valence-electron chi connectivity index (χ2n) is 8.33. The number of β-amino-alcohol motifs (C(OH)–C–C–N with tert-alkyl or cyclic N) is 1. The smallest absolute Gasteiger partial charge is 0.156 e. The monoisotopic (exact) mass is 382 g/mol. The molecule has 150 valence electrons. The topological polar surface area (TPSA) is 73.8 Å². The van der Waals surface area contributed by atoms with Gasteiger partial charge in [0.1, 0.15) is 12.0 Å². The molecule has 0 fully saturated rings. The Morgan fingerprint density at radius 1 is 1.14 bits per heavy atom. The minimum atomic E-state index is -0.809. The van der Waals surface area contributed by atoms with Gasteiger partial charge < -0.3 is 25.6 Å². The highest BCUT2D eigenvalue weighted by Gasteiger charge is 2.24. The molecule has 0 saturated carbocycles. The number of benzene rings is 2. The normalized spacial score (nSPS) is 14.4. The van der Waals surface area contributed by atoms with E-state index in [0.29, 0.717) is 29.5 Å². The number of ether oxygens (including phenoxy) is 1. The van der Waals surface area contributed by atoms with Crippen LogP contribution in [0, 0.1) is 0 Å². The molecule has 5 nitrogen and oxygen atoms in total. The summed E-state index contributed by atoms with van der Waals surface area (Å²) in [6.45, 7) is 8.97. The lowest BCUT2D eigenvalue weighted by atomic mass is 9.92. The zero-order valence-electron chi connectivity index (χ0n) is 17.0. The molecule has 0 amide bonds. The molecular formula is C23H30N2O3. The minimum absolute atomic E-state index is 0.0868. The van der Waals surface area contributed by atoms with Crippen molar-refractivity contribution < 1.29 is 14.9 Å². The number of aromatic hydroxyl groups is 1. The maximum atomic E-state index is 10.7. The van der Waals surface area contributed by atoms with E-state index in [1.165, 1.54) is 17.4 Å². The number of hydrogen-bond acceptors (Lipinski definition) is 5. The molecule has 1 aliphatic rings. The molecule has 2 aromatic carbocycles. The fourth-order valence-corrected chi connectivity index (χ4v) is 3.42. The Bertz CT molecular complexity index is 842. The predicted molar refractivity (Wildman–Crippen MR) is 113 cm³/mol. The fourth-order valence-electron chi connectivity index (χ4n) is 3.42. The summed E-state index contributed by atoms with van der Waals surface area (Å²) in [5, 5.41) is 27.1. The van der Waals surface area contributed by atoms with E-state index in [-0.39, 0.29) is 11.3 Å². The van der Waals surface area contributed by atoms with Crippen LogP contribution in [0.3, 0.4) is 0 Å². The highest BCUT2D eigenvalue weighted by molar-refractivity contribution is 5.66. The van der Waals surface area contributed by atoms with Crippen LogP contribution in [-0.4, -0.2) is 22.3 Å². The van der Waals surface area contributed by atoms with Gasteiger partial charge in [0.15, 0.2) is 5.75 Å². The van der Waals surface area contributed by atoms with E-state index in [4.69, 9.17) is 4.74 Å². The molecule has 0 spiro atoms. The van der Waals surface area contributed by atoms with Crippen molar-refractivity contribution in [2.75, 3.05) is 11.9 Å². The van der Waals surface area contributed by atoms with Crippen LogP contribution in [0.4, 0.5) is 5.69 Å². The molecule has 0 bridgehead atoms. The number of phenolic OH excluding ortho intramolecular Hbond substituents is 1. The van der Waals surface area contributed by atoms with E-state index in [1.54, 1.807) is 18.3 Å². The van der Waals surface area contributed by atoms with Crippen molar-refractivity contribution in [3.05, 3.63) is 65.6 Å². The van der Waals surface area contributed by atoms with E-state index >= 15 is 0 Å². The summed E-state index contributed by atoms with van der Waals surface area (Å²) in [7, 11) is 0. The van der Waals surface area contributed by atoms with Crippen molar-refractivity contribution in [3.8, 4) is 11.5 Å². The Labute approximate surface area is 167 Å². The van der Waals surface area contributed by atoms with Crippen molar-refractivity contribution >= 4 is 5.69 Å². The van der Waals surface area contributed by atoms with Gasteiger partial charge in [0.2, 0.25) is 0 Å². The van der Waals surface area contributed by atoms with Crippen LogP contribution >= 0.6 is 0 Å². The highest BCUT2D eigenvalue weighted by Crippen LogP contribution is 2.38. The fraction of sp³-hybridized carbons (Fsp3) is 0.391. The van der Waals surface area contributed by atoms with Crippen LogP contribution < -0.4 is 15.4 Å². The zero-order chi connectivity index (χ0) is 20.3. The lowest BCUT2D eigenvalue weighted by Crippen LogP contribution is -2.43. The number of hydrogen-bond donors (Lipinski definition) is 4. The van der Waals surface area contributed by atoms with Crippen molar-refractivity contribution in [1.82, 2.24) is 5.32 Å². The average Bonchev–Trinajstić information content (AvgIpc) is 2.65. The first kappa shape index (κ1) is 20.2. The second-order valence-corrected chi connectivity index (χ2v) is 8.33. The van der Waals surface area contributed by atoms with Crippen molar-refractivity contribution in [2.45, 2.75) is 51.7 Å². The zero-order valence-corrected chi connectivity index (χ0v) is 17.0. The highest BCUT2D eigenvalue weighted by atomic mass is 16.5. The molecule has 1 unspecified atom stereocenters. The maximum Gasteiger partial charge on any atom is 0.156 e. The van der Waals surface area contributed by atoms with Gasteiger partial charge in [0, 0.05) is 29.9 Å². The first-order valence-corrected chi connectivity index (χ1v) is 9.72. The molecule has 0 saturated heterocycles. The van der Waals surface area contributed by atoms with Gasteiger partial charge in [-0.1, -0.05) is 38.1 Å². The number of phenols is 1. The molecule has 3 rings (SSSR count). The SMILES string of the molecule is CC(C)c1ccc(CC(C)(C)NCC(O)c2cc(O)cc3c2OC=CN3)cc1. The van der Waals surface area contributed by atoms with Gasteiger partial charge in [-0.2, -0.15) is 0 Å².